The fraction of sp³-hybridized carbons (Fsp3) is 0.0159. The van der Waals surface area contributed by atoms with Crippen LogP contribution in [0.5, 0.6) is 0 Å². The van der Waals surface area contributed by atoms with Crippen molar-refractivity contribution in [1.82, 2.24) is 0 Å². The third-order valence-electron chi connectivity index (χ3n) is 13.8. The van der Waals surface area contributed by atoms with Crippen LogP contribution < -0.4 is 4.90 Å². The van der Waals surface area contributed by atoms with Crippen molar-refractivity contribution in [1.29, 1.82) is 0 Å². The number of rotatable bonds is 7. The van der Waals surface area contributed by atoms with E-state index in [0.29, 0.717) is 0 Å². The SMILES string of the molecule is c1ccc(C2(c3ccccc3)c3ccccc3-c3c(N(c4ccc(-c5ccc(-c6cccc7ccccc67)c6ccccc56)cc4)c4cccc5c4oc4ccccc45)cccc32)cc1. The van der Waals surface area contributed by atoms with E-state index in [1.54, 1.807) is 0 Å². The quantitative estimate of drug-likeness (QED) is 0.159. The van der Waals surface area contributed by atoms with Crippen LogP contribution in [0.4, 0.5) is 17.1 Å². The van der Waals surface area contributed by atoms with Crippen molar-refractivity contribution in [3.05, 3.63) is 271 Å². The van der Waals surface area contributed by atoms with Gasteiger partial charge >= 0.3 is 0 Å². The van der Waals surface area contributed by atoms with Crippen molar-refractivity contribution in [2.45, 2.75) is 5.41 Å². The topological polar surface area (TPSA) is 16.4 Å². The van der Waals surface area contributed by atoms with Crippen molar-refractivity contribution in [3.8, 4) is 33.4 Å². The lowest BCUT2D eigenvalue weighted by Crippen LogP contribution is -2.28. The fourth-order valence-corrected chi connectivity index (χ4v) is 11.0. The van der Waals surface area contributed by atoms with E-state index >= 15 is 0 Å². The summed E-state index contributed by atoms with van der Waals surface area (Å²) in [6, 6.07) is 90.7. The normalized spacial score (nSPS) is 12.7. The molecule has 13 rings (SSSR count). The zero-order valence-electron chi connectivity index (χ0n) is 35.5. The molecule has 2 heteroatoms. The zero-order valence-corrected chi connectivity index (χ0v) is 35.5. The Morgan fingerprint density at radius 3 is 1.63 bits per heavy atom. The van der Waals surface area contributed by atoms with Crippen LogP contribution >= 0.6 is 0 Å². The Hall–Kier alpha value is -8.46. The highest BCUT2D eigenvalue weighted by Crippen LogP contribution is 2.60. The molecular formula is C63H41NO. The van der Waals surface area contributed by atoms with E-state index in [9.17, 15) is 0 Å². The Kier molecular flexibility index (Phi) is 8.47. The van der Waals surface area contributed by atoms with Gasteiger partial charge in [0.1, 0.15) is 5.58 Å². The summed E-state index contributed by atoms with van der Waals surface area (Å²) in [5.74, 6) is 0. The first kappa shape index (κ1) is 37.1. The van der Waals surface area contributed by atoms with E-state index < -0.39 is 5.41 Å². The standard InChI is InChI=1S/C63H41NO/c1-3-20-44(21-4-1)63(45-22-5-2-6-23-45)56-31-13-11-28-55(56)61-57(63)32-17-33-58(61)64(59-34-16-30-54-53-27-12-14-35-60(53)65-62(54)59)46-38-36-43(37-39-46)48-40-41-52(51-26-10-9-25-49(48)51)50-29-15-19-42-18-7-8-24-47(42)50/h1-41H. The maximum Gasteiger partial charge on any atom is 0.159 e. The Morgan fingerprint density at radius 1 is 0.323 bits per heavy atom. The van der Waals surface area contributed by atoms with Crippen LogP contribution in [0.1, 0.15) is 22.3 Å². The number of furan rings is 1. The lowest BCUT2D eigenvalue weighted by Gasteiger charge is -2.34. The molecule has 65 heavy (non-hydrogen) atoms. The zero-order chi connectivity index (χ0) is 42.9. The summed E-state index contributed by atoms with van der Waals surface area (Å²) >= 11 is 0. The maximum atomic E-state index is 6.85. The number of nitrogens with zero attached hydrogens (tertiary/aromatic N) is 1. The second-order valence-electron chi connectivity index (χ2n) is 17.1. The third kappa shape index (κ3) is 5.60. The van der Waals surface area contributed by atoms with Crippen molar-refractivity contribution in [3.63, 3.8) is 0 Å². The Morgan fingerprint density at radius 2 is 0.846 bits per heavy atom. The molecule has 0 unspecified atom stereocenters. The predicted octanol–water partition coefficient (Wildman–Crippen LogP) is 17.1. The molecule has 0 spiro atoms. The molecule has 0 saturated heterocycles. The summed E-state index contributed by atoms with van der Waals surface area (Å²) in [5.41, 5.74) is 16.6. The van der Waals surface area contributed by atoms with Gasteiger partial charge in [0.05, 0.1) is 16.8 Å². The first-order valence-corrected chi connectivity index (χ1v) is 22.4. The molecule has 0 atom stereocenters. The summed E-state index contributed by atoms with van der Waals surface area (Å²) in [7, 11) is 0. The predicted molar refractivity (Wildman–Crippen MR) is 272 cm³/mol. The highest BCUT2D eigenvalue weighted by atomic mass is 16.3. The Balaban J connectivity index is 1.03. The van der Waals surface area contributed by atoms with E-state index in [1.165, 1.54) is 71.6 Å². The average molecular weight is 828 g/mol. The summed E-state index contributed by atoms with van der Waals surface area (Å²) in [6.45, 7) is 0. The highest BCUT2D eigenvalue weighted by molar-refractivity contribution is 6.12. The van der Waals surface area contributed by atoms with Crippen LogP contribution in [-0.4, -0.2) is 0 Å². The minimum atomic E-state index is -0.537. The van der Waals surface area contributed by atoms with Gasteiger partial charge in [-0.05, 0) is 102 Å². The summed E-state index contributed by atoms with van der Waals surface area (Å²) < 4.78 is 6.85. The van der Waals surface area contributed by atoms with Crippen LogP contribution in [0.25, 0.3) is 76.9 Å². The van der Waals surface area contributed by atoms with Gasteiger partial charge in [-0.15, -0.1) is 0 Å². The molecule has 1 aliphatic rings. The maximum absolute atomic E-state index is 6.85. The summed E-state index contributed by atoms with van der Waals surface area (Å²) in [5, 5.41) is 7.17. The van der Waals surface area contributed by atoms with Crippen LogP contribution in [0.3, 0.4) is 0 Å². The van der Waals surface area contributed by atoms with E-state index in [0.717, 1.165) is 44.6 Å². The molecule has 0 bridgehead atoms. The van der Waals surface area contributed by atoms with Gasteiger partial charge in [-0.25, -0.2) is 0 Å². The Labute approximate surface area is 377 Å². The minimum Gasteiger partial charge on any atom is -0.454 e. The van der Waals surface area contributed by atoms with E-state index in [2.05, 4.69) is 248 Å². The van der Waals surface area contributed by atoms with Gasteiger partial charge < -0.3 is 9.32 Å². The third-order valence-corrected chi connectivity index (χ3v) is 13.8. The second kappa shape index (κ2) is 14.8. The number of benzene rings is 11. The Bertz CT molecular complexity index is 3730. The largest absolute Gasteiger partial charge is 0.454 e. The second-order valence-corrected chi connectivity index (χ2v) is 17.1. The monoisotopic (exact) mass is 827 g/mol. The number of anilines is 3. The number of fused-ring (bicyclic) bond motifs is 8. The molecule has 1 aromatic heterocycles. The minimum absolute atomic E-state index is 0.537. The van der Waals surface area contributed by atoms with Crippen LogP contribution in [-0.2, 0) is 5.41 Å². The molecule has 1 aliphatic carbocycles. The van der Waals surface area contributed by atoms with Gasteiger partial charge in [0.2, 0.25) is 0 Å². The van der Waals surface area contributed by atoms with E-state index in [1.807, 2.05) is 6.07 Å². The molecule has 0 saturated carbocycles. The number of hydrogen-bond acceptors (Lipinski definition) is 2. The first-order chi connectivity index (χ1) is 32.3. The molecule has 0 amide bonds. The number of para-hydroxylation sites is 2. The lowest BCUT2D eigenvalue weighted by atomic mass is 9.68. The molecule has 0 N–H and O–H groups in total. The molecule has 11 aromatic carbocycles. The highest BCUT2D eigenvalue weighted by Gasteiger charge is 2.47. The van der Waals surface area contributed by atoms with Crippen molar-refractivity contribution in [2.75, 3.05) is 4.90 Å². The molecule has 12 aromatic rings. The van der Waals surface area contributed by atoms with Crippen molar-refractivity contribution < 1.29 is 4.42 Å². The van der Waals surface area contributed by atoms with E-state index in [4.69, 9.17) is 4.42 Å². The number of hydrogen-bond donors (Lipinski definition) is 0. The summed E-state index contributed by atoms with van der Waals surface area (Å²) in [4.78, 5) is 2.43. The molecule has 2 nitrogen and oxygen atoms in total. The molecule has 304 valence electrons. The molecule has 0 aliphatic heterocycles. The van der Waals surface area contributed by atoms with Gasteiger partial charge in [0.25, 0.3) is 0 Å². The first-order valence-electron chi connectivity index (χ1n) is 22.4. The van der Waals surface area contributed by atoms with Crippen LogP contribution in [0.2, 0.25) is 0 Å². The average Bonchev–Trinajstić information content (AvgIpc) is 3.92. The van der Waals surface area contributed by atoms with E-state index in [-0.39, 0.29) is 0 Å². The smallest absolute Gasteiger partial charge is 0.159 e. The van der Waals surface area contributed by atoms with Gasteiger partial charge in [-0.3, -0.25) is 0 Å². The molecular weight excluding hydrogens is 787 g/mol. The van der Waals surface area contributed by atoms with Crippen LogP contribution in [0, 0.1) is 0 Å². The van der Waals surface area contributed by atoms with Gasteiger partial charge in [0.15, 0.2) is 5.58 Å². The van der Waals surface area contributed by atoms with Crippen molar-refractivity contribution >= 4 is 60.5 Å². The van der Waals surface area contributed by atoms with Gasteiger partial charge in [-0.2, -0.15) is 0 Å². The van der Waals surface area contributed by atoms with Crippen molar-refractivity contribution in [2.24, 2.45) is 0 Å². The fourth-order valence-electron chi connectivity index (χ4n) is 11.0. The van der Waals surface area contributed by atoms with Crippen LogP contribution in [0.15, 0.2) is 253 Å². The molecule has 1 heterocycles. The lowest BCUT2D eigenvalue weighted by molar-refractivity contribution is 0.669. The molecule has 0 radical (unpaired) electrons. The molecule has 0 fully saturated rings. The van der Waals surface area contributed by atoms with Gasteiger partial charge in [0, 0.05) is 22.0 Å². The van der Waals surface area contributed by atoms with Gasteiger partial charge in [-0.1, -0.05) is 218 Å². The summed E-state index contributed by atoms with van der Waals surface area (Å²) in [6.07, 6.45) is 0.